The zero-order chi connectivity index (χ0) is 21.6. The van der Waals surface area contributed by atoms with E-state index in [9.17, 15) is 4.79 Å². The van der Waals surface area contributed by atoms with Crippen molar-refractivity contribution in [2.45, 2.75) is 19.0 Å². The quantitative estimate of drug-likeness (QED) is 0.604. The maximum absolute atomic E-state index is 12.7. The second-order valence-electron chi connectivity index (χ2n) is 7.12. The molecule has 0 bridgehead atoms. The van der Waals surface area contributed by atoms with Gasteiger partial charge in [0.15, 0.2) is 0 Å². The van der Waals surface area contributed by atoms with Crippen molar-refractivity contribution in [1.82, 2.24) is 20.3 Å². The predicted octanol–water partition coefficient (Wildman–Crippen LogP) is 2.28. The van der Waals surface area contributed by atoms with Crippen LogP contribution in [-0.4, -0.2) is 47.4 Å². The van der Waals surface area contributed by atoms with Gasteiger partial charge in [0.1, 0.15) is 0 Å². The standard InChI is InChI=1S/C23H23N5O3/c1-30-14-20(15-6-4-3-5-7-15)28-21(29)9-18-8-16-10-25-22(19(16)13-24-18)17-11-26-23(31-2)27-12-17/h3-8,11-13,20H,9-10,14H2,1-2H3,(H,28,29)/t20-/m1/s1. The van der Waals surface area contributed by atoms with Crippen LogP contribution in [0.5, 0.6) is 6.01 Å². The maximum Gasteiger partial charge on any atom is 0.316 e. The summed E-state index contributed by atoms with van der Waals surface area (Å²) in [4.78, 5) is 30.0. The Morgan fingerprint density at radius 2 is 1.87 bits per heavy atom. The molecule has 0 fully saturated rings. The molecule has 0 aliphatic carbocycles. The minimum absolute atomic E-state index is 0.110. The molecule has 1 aliphatic heterocycles. The van der Waals surface area contributed by atoms with Crippen molar-refractivity contribution in [3.05, 3.63) is 82.9 Å². The molecule has 8 heteroatoms. The number of aliphatic imine (C=N–C) groups is 1. The second-order valence-corrected chi connectivity index (χ2v) is 7.12. The van der Waals surface area contributed by atoms with Gasteiger partial charge in [-0.15, -0.1) is 0 Å². The summed E-state index contributed by atoms with van der Waals surface area (Å²) in [6.45, 7) is 0.929. The molecule has 31 heavy (non-hydrogen) atoms. The van der Waals surface area contributed by atoms with Crippen LogP contribution in [0.2, 0.25) is 0 Å². The van der Waals surface area contributed by atoms with Gasteiger partial charge in [-0.25, -0.2) is 9.97 Å². The number of rotatable bonds is 8. The summed E-state index contributed by atoms with van der Waals surface area (Å²) in [5, 5.41) is 3.03. The van der Waals surface area contributed by atoms with Crippen molar-refractivity contribution < 1.29 is 14.3 Å². The molecule has 8 nitrogen and oxygen atoms in total. The summed E-state index contributed by atoms with van der Waals surface area (Å²) in [5.41, 5.74) is 5.25. The lowest BCUT2D eigenvalue weighted by Gasteiger charge is -2.18. The van der Waals surface area contributed by atoms with Crippen LogP contribution in [0.15, 0.2) is 60.0 Å². The SMILES string of the molecule is COC[C@@H](NC(=O)Cc1cc2c(cn1)C(c1cnc(OC)nc1)=NC2)c1ccccc1. The second kappa shape index (κ2) is 9.44. The highest BCUT2D eigenvalue weighted by molar-refractivity contribution is 6.14. The summed E-state index contributed by atoms with van der Waals surface area (Å²) < 4.78 is 10.3. The number of nitrogens with zero attached hydrogens (tertiary/aromatic N) is 4. The predicted molar refractivity (Wildman–Crippen MR) is 115 cm³/mol. The average molecular weight is 417 g/mol. The molecular weight excluding hydrogens is 394 g/mol. The molecule has 0 saturated carbocycles. The van der Waals surface area contributed by atoms with Gasteiger partial charge in [-0.3, -0.25) is 14.8 Å². The van der Waals surface area contributed by atoms with Gasteiger partial charge in [0.25, 0.3) is 0 Å². The number of benzene rings is 1. The van der Waals surface area contributed by atoms with Gasteiger partial charge in [-0.05, 0) is 17.2 Å². The molecule has 1 atom stereocenters. The topological polar surface area (TPSA) is 98.6 Å². The smallest absolute Gasteiger partial charge is 0.316 e. The summed E-state index contributed by atoms with van der Waals surface area (Å²) in [7, 11) is 3.14. The normalized spacial score (nSPS) is 13.3. The van der Waals surface area contributed by atoms with Gasteiger partial charge in [0.2, 0.25) is 5.91 Å². The molecule has 158 valence electrons. The van der Waals surface area contributed by atoms with Gasteiger partial charge in [-0.2, -0.15) is 0 Å². The molecule has 0 spiro atoms. The molecule has 0 saturated heterocycles. The van der Waals surface area contributed by atoms with Crippen LogP contribution in [0.4, 0.5) is 0 Å². The fourth-order valence-corrected chi connectivity index (χ4v) is 3.51. The zero-order valence-corrected chi connectivity index (χ0v) is 17.4. The highest BCUT2D eigenvalue weighted by Crippen LogP contribution is 2.23. The van der Waals surface area contributed by atoms with E-state index in [4.69, 9.17) is 9.47 Å². The average Bonchev–Trinajstić information content (AvgIpc) is 3.22. The molecule has 3 aromatic rings. The number of fused-ring (bicyclic) bond motifs is 1. The summed E-state index contributed by atoms with van der Waals surface area (Å²) in [6.07, 6.45) is 5.31. The van der Waals surface area contributed by atoms with E-state index in [-0.39, 0.29) is 18.4 Å². The number of nitrogens with one attached hydrogen (secondary N) is 1. The Kier molecular flexibility index (Phi) is 6.28. The largest absolute Gasteiger partial charge is 0.467 e. The van der Waals surface area contributed by atoms with Crippen LogP contribution in [0.1, 0.15) is 34.0 Å². The fraction of sp³-hybridized carbons (Fsp3) is 0.261. The molecule has 0 unspecified atom stereocenters. The van der Waals surface area contributed by atoms with Crippen molar-refractivity contribution in [2.24, 2.45) is 4.99 Å². The Morgan fingerprint density at radius 1 is 1.10 bits per heavy atom. The van der Waals surface area contributed by atoms with E-state index in [0.29, 0.717) is 24.9 Å². The number of carbonyl (C=O) groups excluding carboxylic acids is 1. The van der Waals surface area contributed by atoms with Crippen molar-refractivity contribution in [3.8, 4) is 6.01 Å². The van der Waals surface area contributed by atoms with Crippen molar-refractivity contribution in [2.75, 3.05) is 20.8 Å². The Labute approximate surface area is 180 Å². The monoisotopic (exact) mass is 417 g/mol. The van der Waals surface area contributed by atoms with Crippen LogP contribution in [0.3, 0.4) is 0 Å². The summed E-state index contributed by atoms with van der Waals surface area (Å²) >= 11 is 0. The molecule has 1 amide bonds. The first-order valence-corrected chi connectivity index (χ1v) is 9.90. The first kappa shape index (κ1) is 20.6. The van der Waals surface area contributed by atoms with Crippen LogP contribution in [-0.2, 0) is 22.5 Å². The van der Waals surface area contributed by atoms with Gasteiger partial charge < -0.3 is 14.8 Å². The van der Waals surface area contributed by atoms with E-state index in [2.05, 4.69) is 25.3 Å². The Hall–Kier alpha value is -3.65. The third-order valence-corrected chi connectivity index (χ3v) is 5.01. The highest BCUT2D eigenvalue weighted by atomic mass is 16.5. The molecule has 2 aromatic heterocycles. The number of aromatic nitrogens is 3. The number of ether oxygens (including phenoxy) is 2. The molecule has 3 heterocycles. The minimum atomic E-state index is -0.210. The minimum Gasteiger partial charge on any atom is -0.467 e. The fourth-order valence-electron chi connectivity index (χ4n) is 3.51. The molecule has 1 aliphatic rings. The van der Waals surface area contributed by atoms with Gasteiger partial charge >= 0.3 is 6.01 Å². The van der Waals surface area contributed by atoms with E-state index >= 15 is 0 Å². The number of pyridine rings is 1. The third-order valence-electron chi connectivity index (χ3n) is 5.01. The lowest BCUT2D eigenvalue weighted by atomic mass is 10.0. The van der Waals surface area contributed by atoms with Crippen molar-refractivity contribution >= 4 is 11.6 Å². The van der Waals surface area contributed by atoms with Crippen LogP contribution < -0.4 is 10.1 Å². The van der Waals surface area contributed by atoms with E-state index in [0.717, 1.165) is 28.0 Å². The number of methoxy groups -OCH3 is 2. The zero-order valence-electron chi connectivity index (χ0n) is 17.4. The van der Waals surface area contributed by atoms with E-state index in [1.165, 1.54) is 7.11 Å². The third kappa shape index (κ3) is 4.75. The van der Waals surface area contributed by atoms with Crippen molar-refractivity contribution in [1.29, 1.82) is 0 Å². The Bertz CT molecular complexity index is 1080. The van der Waals surface area contributed by atoms with E-state index < -0.39 is 0 Å². The lowest BCUT2D eigenvalue weighted by molar-refractivity contribution is -0.121. The molecule has 1 aromatic carbocycles. The summed E-state index contributed by atoms with van der Waals surface area (Å²) in [6, 6.07) is 11.8. The van der Waals surface area contributed by atoms with Gasteiger partial charge in [-0.1, -0.05) is 30.3 Å². The Balaban J connectivity index is 1.44. The van der Waals surface area contributed by atoms with Gasteiger partial charge in [0, 0.05) is 36.8 Å². The van der Waals surface area contributed by atoms with E-state index in [1.807, 2.05) is 36.4 Å². The number of carbonyl (C=O) groups is 1. The maximum atomic E-state index is 12.7. The Morgan fingerprint density at radius 3 is 2.58 bits per heavy atom. The highest BCUT2D eigenvalue weighted by Gasteiger charge is 2.21. The van der Waals surface area contributed by atoms with Crippen molar-refractivity contribution in [3.63, 3.8) is 0 Å². The molecule has 4 rings (SSSR count). The van der Waals surface area contributed by atoms with Gasteiger partial charge in [0.05, 0.1) is 44.1 Å². The van der Waals surface area contributed by atoms with Crippen LogP contribution >= 0.6 is 0 Å². The van der Waals surface area contributed by atoms with Crippen LogP contribution in [0, 0.1) is 0 Å². The summed E-state index contributed by atoms with van der Waals surface area (Å²) in [5.74, 6) is -0.110. The lowest BCUT2D eigenvalue weighted by Crippen LogP contribution is -2.32. The number of amides is 1. The van der Waals surface area contributed by atoms with Crippen LogP contribution in [0.25, 0.3) is 0 Å². The van der Waals surface area contributed by atoms with E-state index in [1.54, 1.807) is 25.7 Å². The number of hydrogen-bond donors (Lipinski definition) is 1. The first-order chi connectivity index (χ1) is 15.2. The molecular formula is C23H23N5O3. The number of hydrogen-bond acceptors (Lipinski definition) is 7. The molecule has 0 radical (unpaired) electrons. The first-order valence-electron chi connectivity index (χ1n) is 9.90. The molecule has 1 N–H and O–H groups in total.